The molecule has 1 aromatic rings. The van der Waals surface area contributed by atoms with E-state index in [9.17, 15) is 13.6 Å². The zero-order valence-electron chi connectivity index (χ0n) is 6.94. The molecule has 0 aromatic heterocycles. The first kappa shape index (κ1) is 12.5. The Kier molecular flexibility index (Phi) is 4.13. The highest BCUT2D eigenvalue weighted by molar-refractivity contribution is 6.69. The Balaban J connectivity index is 3.31. The maximum Gasteiger partial charge on any atom is 0.387 e. The normalized spacial score (nSPS) is 10.5. The van der Waals surface area contributed by atoms with E-state index in [1.807, 2.05) is 0 Å². The molecule has 82 valence electrons. The van der Waals surface area contributed by atoms with E-state index in [1.54, 1.807) is 0 Å². The van der Waals surface area contributed by atoms with Gasteiger partial charge < -0.3 is 4.74 Å². The molecule has 0 saturated heterocycles. The molecule has 0 spiro atoms. The van der Waals surface area contributed by atoms with Crippen molar-refractivity contribution < 1.29 is 18.3 Å². The molecule has 0 N–H and O–H groups in total. The molecule has 1 rings (SSSR count). The molecule has 0 amide bonds. The van der Waals surface area contributed by atoms with Gasteiger partial charge in [-0.25, -0.2) is 0 Å². The van der Waals surface area contributed by atoms with Crippen molar-refractivity contribution >= 4 is 40.0 Å². The summed E-state index contributed by atoms with van der Waals surface area (Å²) >= 11 is 16.3. The van der Waals surface area contributed by atoms with Crippen molar-refractivity contribution in [2.75, 3.05) is 0 Å². The molecule has 15 heavy (non-hydrogen) atoms. The molecule has 0 saturated carbocycles. The fraction of sp³-hybridized carbons (Fsp3) is 0.125. The number of hydrogen-bond donors (Lipinski definition) is 0. The fourth-order valence-electron chi connectivity index (χ4n) is 0.921. The minimum Gasteiger partial charge on any atom is -0.432 e. The highest BCUT2D eigenvalue weighted by Gasteiger charge is 2.20. The lowest BCUT2D eigenvalue weighted by Crippen LogP contribution is -2.06. The molecule has 0 aliphatic carbocycles. The second-order valence-electron chi connectivity index (χ2n) is 2.39. The molecular weight excluding hydrogens is 272 g/mol. The lowest BCUT2D eigenvalue weighted by Gasteiger charge is -2.10. The largest absolute Gasteiger partial charge is 0.432 e. The topological polar surface area (TPSA) is 26.3 Å². The average molecular weight is 275 g/mol. The van der Waals surface area contributed by atoms with Crippen molar-refractivity contribution in [2.24, 2.45) is 0 Å². The summed E-state index contributed by atoms with van der Waals surface area (Å²) in [6.45, 7) is -3.12. The van der Waals surface area contributed by atoms with Crippen LogP contribution in [0.5, 0.6) is 5.75 Å². The van der Waals surface area contributed by atoms with Gasteiger partial charge in [-0.3, -0.25) is 4.79 Å². The molecule has 0 heterocycles. The number of hydrogen-bond acceptors (Lipinski definition) is 2. The van der Waals surface area contributed by atoms with Crippen LogP contribution in [0.3, 0.4) is 0 Å². The SMILES string of the molecule is O=C(Cl)c1c(Cl)ccc(Cl)c1OC(F)F. The summed E-state index contributed by atoms with van der Waals surface area (Å²) in [4.78, 5) is 10.9. The van der Waals surface area contributed by atoms with Gasteiger partial charge in [-0.15, -0.1) is 0 Å². The number of alkyl halides is 2. The summed E-state index contributed by atoms with van der Waals surface area (Å²) in [7, 11) is 0. The Hall–Kier alpha value is -0.580. The number of halogens is 5. The van der Waals surface area contributed by atoms with Crippen molar-refractivity contribution in [2.45, 2.75) is 6.61 Å². The number of carbonyl (C=O) groups excluding carboxylic acids is 1. The first-order chi connectivity index (χ1) is 6.93. The summed E-state index contributed by atoms with van der Waals surface area (Å²) in [5.41, 5.74) is -0.369. The Morgan fingerprint density at radius 1 is 1.27 bits per heavy atom. The molecule has 0 radical (unpaired) electrons. The molecule has 0 unspecified atom stereocenters. The van der Waals surface area contributed by atoms with E-state index in [1.165, 1.54) is 12.1 Å². The van der Waals surface area contributed by atoms with Crippen LogP contribution in [0.2, 0.25) is 10.0 Å². The summed E-state index contributed by atoms with van der Waals surface area (Å²) in [6.07, 6.45) is 0. The predicted molar refractivity (Wildman–Crippen MR) is 53.3 cm³/mol. The van der Waals surface area contributed by atoms with Gasteiger partial charge in [-0.2, -0.15) is 8.78 Å². The predicted octanol–water partition coefficient (Wildman–Crippen LogP) is 3.97. The molecule has 0 fully saturated rings. The highest BCUT2D eigenvalue weighted by atomic mass is 35.5. The van der Waals surface area contributed by atoms with E-state index in [2.05, 4.69) is 4.74 Å². The van der Waals surface area contributed by atoms with Crippen LogP contribution in [0.1, 0.15) is 10.4 Å². The zero-order valence-corrected chi connectivity index (χ0v) is 9.21. The first-order valence-corrected chi connectivity index (χ1v) is 4.69. The standard InChI is InChI=1S/C8H3Cl3F2O2/c9-3-1-2-4(10)6(15-8(12)13)5(3)7(11)14/h1-2,8H. The molecule has 0 bridgehead atoms. The molecule has 0 aliphatic rings. The number of rotatable bonds is 3. The maximum atomic E-state index is 12.0. The molecule has 2 nitrogen and oxygen atoms in total. The molecule has 0 aliphatic heterocycles. The minimum atomic E-state index is -3.12. The average Bonchev–Trinajstić information content (AvgIpc) is 2.10. The van der Waals surface area contributed by atoms with E-state index in [4.69, 9.17) is 34.8 Å². The van der Waals surface area contributed by atoms with Crippen LogP contribution in [0.25, 0.3) is 0 Å². The number of benzene rings is 1. The van der Waals surface area contributed by atoms with Crippen molar-refractivity contribution in [3.05, 3.63) is 27.7 Å². The third-order valence-electron chi connectivity index (χ3n) is 1.46. The Labute approximate surface area is 98.7 Å². The van der Waals surface area contributed by atoms with Crippen LogP contribution in [0.4, 0.5) is 8.78 Å². The minimum absolute atomic E-state index is 0.102. The van der Waals surface area contributed by atoms with Gasteiger partial charge in [0.1, 0.15) is 0 Å². The second-order valence-corrected chi connectivity index (χ2v) is 3.54. The van der Waals surface area contributed by atoms with E-state index in [-0.39, 0.29) is 15.6 Å². The van der Waals surface area contributed by atoms with Gasteiger partial charge in [0.2, 0.25) is 0 Å². The number of carbonyl (C=O) groups is 1. The molecular formula is C8H3Cl3F2O2. The van der Waals surface area contributed by atoms with Gasteiger partial charge >= 0.3 is 6.61 Å². The Morgan fingerprint density at radius 2 is 1.80 bits per heavy atom. The van der Waals surface area contributed by atoms with Gasteiger partial charge in [0.25, 0.3) is 5.24 Å². The number of ether oxygens (including phenoxy) is 1. The fourth-order valence-corrected chi connectivity index (χ4v) is 1.59. The lowest BCUT2D eigenvalue weighted by atomic mass is 10.2. The van der Waals surface area contributed by atoms with Gasteiger partial charge in [0.15, 0.2) is 5.75 Å². The first-order valence-electron chi connectivity index (χ1n) is 3.56. The van der Waals surface area contributed by atoms with Crippen molar-refractivity contribution in [3.63, 3.8) is 0 Å². The van der Waals surface area contributed by atoms with E-state index < -0.39 is 17.6 Å². The van der Waals surface area contributed by atoms with Gasteiger partial charge in [-0.1, -0.05) is 23.2 Å². The molecule has 1 aromatic carbocycles. The van der Waals surface area contributed by atoms with Crippen LogP contribution in [0.15, 0.2) is 12.1 Å². The van der Waals surface area contributed by atoms with E-state index in [0.717, 1.165) is 0 Å². The lowest BCUT2D eigenvalue weighted by molar-refractivity contribution is -0.0500. The second kappa shape index (κ2) is 4.96. The van der Waals surface area contributed by atoms with Crippen molar-refractivity contribution in [3.8, 4) is 5.75 Å². The van der Waals surface area contributed by atoms with Crippen LogP contribution < -0.4 is 4.74 Å². The molecule has 7 heteroatoms. The van der Waals surface area contributed by atoms with Crippen molar-refractivity contribution in [1.82, 2.24) is 0 Å². The van der Waals surface area contributed by atoms with Crippen LogP contribution in [0, 0.1) is 0 Å². The van der Waals surface area contributed by atoms with Gasteiger partial charge in [0, 0.05) is 0 Å². The third-order valence-corrected chi connectivity index (χ3v) is 2.26. The summed E-state index contributed by atoms with van der Waals surface area (Å²) in [5.74, 6) is -0.515. The monoisotopic (exact) mass is 274 g/mol. The Bertz CT molecular complexity index is 396. The Morgan fingerprint density at radius 3 is 2.27 bits per heavy atom. The zero-order chi connectivity index (χ0) is 11.6. The van der Waals surface area contributed by atoms with Crippen molar-refractivity contribution in [1.29, 1.82) is 0 Å². The van der Waals surface area contributed by atoms with Gasteiger partial charge in [0.05, 0.1) is 15.6 Å². The van der Waals surface area contributed by atoms with Crippen LogP contribution in [-0.4, -0.2) is 11.9 Å². The summed E-state index contributed by atoms with van der Waals surface area (Å²) in [5, 5.41) is -1.28. The smallest absolute Gasteiger partial charge is 0.387 e. The van der Waals surface area contributed by atoms with E-state index in [0.29, 0.717) is 0 Å². The van der Waals surface area contributed by atoms with Crippen LogP contribution in [-0.2, 0) is 0 Å². The quantitative estimate of drug-likeness (QED) is 0.780. The van der Waals surface area contributed by atoms with Crippen LogP contribution >= 0.6 is 34.8 Å². The highest BCUT2D eigenvalue weighted by Crippen LogP contribution is 2.35. The summed E-state index contributed by atoms with van der Waals surface area (Å²) in [6, 6.07) is 2.49. The molecule has 0 atom stereocenters. The van der Waals surface area contributed by atoms with E-state index >= 15 is 0 Å². The van der Waals surface area contributed by atoms with Gasteiger partial charge in [-0.05, 0) is 23.7 Å². The third kappa shape index (κ3) is 2.93. The summed E-state index contributed by atoms with van der Waals surface area (Å²) < 4.78 is 28.1. The maximum absolute atomic E-state index is 12.0.